The largest absolute Gasteiger partial charge is 0.465 e. The summed E-state index contributed by atoms with van der Waals surface area (Å²) >= 11 is 0. The molecule has 1 amide bonds. The fourth-order valence-corrected chi connectivity index (χ4v) is 2.49. The molecule has 2 aromatic heterocycles. The fraction of sp³-hybridized carbons (Fsp3) is 0.0476. The summed E-state index contributed by atoms with van der Waals surface area (Å²) in [4.78, 5) is 28.1. The molecule has 0 aliphatic carbocycles. The standard InChI is InChI=1S/C21H15N3O4/c1-27-21(26)18-7-3-2-6-17(18)19-9-8-16(28-19)11-14(12-22)20(25)24-15-5-4-10-23-13-15/h2-11,13H,1H3,(H,24,25)/b14-11+. The Hall–Kier alpha value is -4.18. The Balaban J connectivity index is 1.86. The normalized spacial score (nSPS) is 10.8. The van der Waals surface area contributed by atoms with Gasteiger partial charge >= 0.3 is 5.97 Å². The quantitative estimate of drug-likeness (QED) is 0.415. The summed E-state index contributed by atoms with van der Waals surface area (Å²) in [6.07, 6.45) is 4.38. The number of hydrogen-bond acceptors (Lipinski definition) is 6. The fourth-order valence-electron chi connectivity index (χ4n) is 2.49. The van der Waals surface area contributed by atoms with Crippen LogP contribution in [0, 0.1) is 11.3 Å². The minimum Gasteiger partial charge on any atom is -0.465 e. The number of anilines is 1. The summed E-state index contributed by atoms with van der Waals surface area (Å²) in [6, 6.07) is 15.3. The van der Waals surface area contributed by atoms with Crippen LogP contribution >= 0.6 is 0 Å². The van der Waals surface area contributed by atoms with Crippen LogP contribution in [0.3, 0.4) is 0 Å². The Morgan fingerprint density at radius 2 is 2.00 bits per heavy atom. The Bertz CT molecular complexity index is 1080. The summed E-state index contributed by atoms with van der Waals surface area (Å²) in [5, 5.41) is 11.9. The number of benzene rings is 1. The Morgan fingerprint density at radius 1 is 1.18 bits per heavy atom. The maximum Gasteiger partial charge on any atom is 0.338 e. The van der Waals surface area contributed by atoms with Gasteiger partial charge in [-0.2, -0.15) is 5.26 Å². The molecule has 0 aliphatic rings. The van der Waals surface area contributed by atoms with Gasteiger partial charge in [0.05, 0.1) is 24.6 Å². The number of hydrogen-bond donors (Lipinski definition) is 1. The number of ether oxygens (including phenoxy) is 1. The third-order valence-electron chi connectivity index (χ3n) is 3.80. The zero-order chi connectivity index (χ0) is 19.9. The molecule has 0 bridgehead atoms. The number of nitrogens with zero attached hydrogens (tertiary/aromatic N) is 2. The third-order valence-corrected chi connectivity index (χ3v) is 3.80. The molecule has 0 fully saturated rings. The van der Waals surface area contributed by atoms with Crippen molar-refractivity contribution >= 4 is 23.6 Å². The van der Waals surface area contributed by atoms with Crippen molar-refractivity contribution in [3.05, 3.63) is 77.8 Å². The molecule has 2 heterocycles. The highest BCUT2D eigenvalue weighted by Crippen LogP contribution is 2.27. The number of furan rings is 1. The van der Waals surface area contributed by atoms with E-state index in [-0.39, 0.29) is 5.57 Å². The van der Waals surface area contributed by atoms with E-state index in [2.05, 4.69) is 10.3 Å². The van der Waals surface area contributed by atoms with E-state index >= 15 is 0 Å². The summed E-state index contributed by atoms with van der Waals surface area (Å²) in [7, 11) is 1.30. The summed E-state index contributed by atoms with van der Waals surface area (Å²) in [5.41, 5.74) is 1.24. The number of aromatic nitrogens is 1. The minimum atomic E-state index is -0.580. The van der Waals surface area contributed by atoms with E-state index in [9.17, 15) is 14.9 Å². The van der Waals surface area contributed by atoms with Gasteiger partial charge in [0.1, 0.15) is 23.2 Å². The van der Waals surface area contributed by atoms with Crippen LogP contribution in [-0.4, -0.2) is 24.0 Å². The molecule has 0 atom stereocenters. The number of pyridine rings is 1. The van der Waals surface area contributed by atoms with Crippen LogP contribution in [0.4, 0.5) is 5.69 Å². The minimum absolute atomic E-state index is 0.133. The first-order valence-electron chi connectivity index (χ1n) is 8.23. The summed E-state index contributed by atoms with van der Waals surface area (Å²) < 4.78 is 10.5. The third kappa shape index (κ3) is 4.14. The average molecular weight is 373 g/mol. The molecule has 0 saturated heterocycles. The van der Waals surface area contributed by atoms with E-state index in [1.54, 1.807) is 54.7 Å². The number of methoxy groups -OCH3 is 1. The Kier molecular flexibility index (Phi) is 5.63. The second kappa shape index (κ2) is 8.47. The number of rotatable bonds is 5. The highest BCUT2D eigenvalue weighted by atomic mass is 16.5. The van der Waals surface area contributed by atoms with Crippen LogP contribution in [0.2, 0.25) is 0 Å². The lowest BCUT2D eigenvalue weighted by Crippen LogP contribution is -2.13. The van der Waals surface area contributed by atoms with E-state index in [0.717, 1.165) is 0 Å². The molecular formula is C21H15N3O4. The number of carbonyl (C=O) groups is 2. The van der Waals surface area contributed by atoms with Gasteiger partial charge in [0.25, 0.3) is 5.91 Å². The van der Waals surface area contributed by atoms with Crippen LogP contribution in [0.25, 0.3) is 17.4 Å². The van der Waals surface area contributed by atoms with Crippen molar-refractivity contribution < 1.29 is 18.7 Å². The predicted octanol–water partition coefficient (Wildman–Crippen LogP) is 3.67. The molecule has 1 N–H and O–H groups in total. The molecule has 0 aliphatic heterocycles. The lowest BCUT2D eigenvalue weighted by Gasteiger charge is -2.05. The number of amides is 1. The molecule has 7 nitrogen and oxygen atoms in total. The molecule has 0 saturated carbocycles. The molecule has 28 heavy (non-hydrogen) atoms. The second-order valence-corrected chi connectivity index (χ2v) is 5.60. The zero-order valence-corrected chi connectivity index (χ0v) is 14.9. The second-order valence-electron chi connectivity index (χ2n) is 5.60. The van der Waals surface area contributed by atoms with Gasteiger partial charge in [-0.3, -0.25) is 9.78 Å². The highest BCUT2D eigenvalue weighted by molar-refractivity contribution is 6.09. The molecular weight excluding hydrogens is 358 g/mol. The van der Waals surface area contributed by atoms with Crippen molar-refractivity contribution in [2.24, 2.45) is 0 Å². The van der Waals surface area contributed by atoms with Crippen LogP contribution in [0.5, 0.6) is 0 Å². The van der Waals surface area contributed by atoms with E-state index in [1.807, 2.05) is 6.07 Å². The van der Waals surface area contributed by atoms with Gasteiger partial charge in [0.2, 0.25) is 0 Å². The molecule has 138 valence electrons. The number of esters is 1. The number of nitrogens with one attached hydrogen (secondary N) is 1. The highest BCUT2D eigenvalue weighted by Gasteiger charge is 2.16. The van der Waals surface area contributed by atoms with E-state index < -0.39 is 11.9 Å². The first kappa shape index (κ1) is 18.6. The topological polar surface area (TPSA) is 105 Å². The van der Waals surface area contributed by atoms with Crippen molar-refractivity contribution in [1.82, 2.24) is 4.98 Å². The zero-order valence-electron chi connectivity index (χ0n) is 14.9. The predicted molar refractivity (Wildman–Crippen MR) is 102 cm³/mol. The lowest BCUT2D eigenvalue weighted by atomic mass is 10.1. The monoisotopic (exact) mass is 373 g/mol. The molecule has 0 spiro atoms. The van der Waals surface area contributed by atoms with Gasteiger partial charge in [-0.1, -0.05) is 18.2 Å². The average Bonchev–Trinajstić information content (AvgIpc) is 3.20. The van der Waals surface area contributed by atoms with Crippen molar-refractivity contribution in [3.63, 3.8) is 0 Å². The maximum atomic E-state index is 12.3. The van der Waals surface area contributed by atoms with Crippen molar-refractivity contribution in [3.8, 4) is 17.4 Å². The molecule has 1 aromatic carbocycles. The van der Waals surface area contributed by atoms with E-state index in [0.29, 0.717) is 28.3 Å². The van der Waals surface area contributed by atoms with E-state index in [4.69, 9.17) is 9.15 Å². The molecule has 3 aromatic rings. The lowest BCUT2D eigenvalue weighted by molar-refractivity contribution is -0.112. The van der Waals surface area contributed by atoms with Crippen molar-refractivity contribution in [1.29, 1.82) is 5.26 Å². The van der Waals surface area contributed by atoms with Crippen LogP contribution < -0.4 is 5.32 Å². The van der Waals surface area contributed by atoms with Gasteiger partial charge in [-0.15, -0.1) is 0 Å². The molecule has 0 radical (unpaired) electrons. The van der Waals surface area contributed by atoms with Gasteiger partial charge in [0, 0.05) is 17.8 Å². The van der Waals surface area contributed by atoms with Crippen LogP contribution in [0.1, 0.15) is 16.1 Å². The van der Waals surface area contributed by atoms with E-state index in [1.165, 1.54) is 19.4 Å². The van der Waals surface area contributed by atoms with Gasteiger partial charge in [-0.05, 0) is 30.3 Å². The van der Waals surface area contributed by atoms with Crippen LogP contribution in [0.15, 0.2) is 70.9 Å². The summed E-state index contributed by atoms with van der Waals surface area (Å²) in [6.45, 7) is 0. The van der Waals surface area contributed by atoms with Gasteiger partial charge < -0.3 is 14.5 Å². The molecule has 0 unspecified atom stereocenters. The molecule has 3 rings (SSSR count). The van der Waals surface area contributed by atoms with Gasteiger partial charge in [0.15, 0.2) is 0 Å². The van der Waals surface area contributed by atoms with Crippen molar-refractivity contribution in [2.75, 3.05) is 12.4 Å². The maximum absolute atomic E-state index is 12.3. The first-order chi connectivity index (χ1) is 13.6. The SMILES string of the molecule is COC(=O)c1ccccc1-c1ccc(/C=C(\C#N)C(=O)Nc2cccnc2)o1. The van der Waals surface area contributed by atoms with Crippen molar-refractivity contribution in [2.45, 2.75) is 0 Å². The first-order valence-corrected chi connectivity index (χ1v) is 8.23. The summed E-state index contributed by atoms with van der Waals surface area (Å²) in [5.74, 6) is -0.356. The van der Waals surface area contributed by atoms with Gasteiger partial charge in [-0.25, -0.2) is 4.79 Å². The number of nitriles is 1. The Labute approximate surface area is 160 Å². The smallest absolute Gasteiger partial charge is 0.338 e. The molecule has 7 heteroatoms. The van der Waals surface area contributed by atoms with Crippen LogP contribution in [-0.2, 0) is 9.53 Å². The Morgan fingerprint density at radius 3 is 2.71 bits per heavy atom. The number of carbonyl (C=O) groups excluding carboxylic acids is 2.